The van der Waals surface area contributed by atoms with Crippen molar-refractivity contribution in [2.45, 2.75) is 26.4 Å². The predicted molar refractivity (Wildman–Crippen MR) is 47.6 cm³/mol. The van der Waals surface area contributed by atoms with Gasteiger partial charge in [0, 0.05) is 13.1 Å². The highest BCUT2D eigenvalue weighted by atomic mass is 19.4. The molecule has 0 aliphatic heterocycles. The lowest BCUT2D eigenvalue weighted by Gasteiger charge is -2.21. The second-order valence-corrected chi connectivity index (χ2v) is 3.29. The Morgan fingerprint density at radius 3 is 2.36 bits per heavy atom. The molecule has 82 valence electrons. The molecule has 0 aromatic rings. The molecule has 0 aromatic heterocycles. The zero-order valence-electron chi connectivity index (χ0n) is 8.43. The van der Waals surface area contributed by atoms with Crippen molar-refractivity contribution in [1.82, 2.24) is 4.90 Å². The average molecular weight is 208 g/mol. The minimum atomic E-state index is -4.11. The van der Waals surface area contributed by atoms with Crippen molar-refractivity contribution in [3.8, 4) is 6.07 Å². The Hall–Kier alpha value is -0.760. The normalized spacial score (nSPS) is 14.1. The van der Waals surface area contributed by atoms with Crippen LogP contribution < -0.4 is 0 Å². The van der Waals surface area contributed by atoms with Crippen LogP contribution in [0.4, 0.5) is 13.2 Å². The Balaban J connectivity index is 3.87. The molecule has 0 N–H and O–H groups in total. The van der Waals surface area contributed by atoms with Crippen LogP contribution in [0.25, 0.3) is 0 Å². The summed E-state index contributed by atoms with van der Waals surface area (Å²) in [4.78, 5) is 1.64. The minimum Gasteiger partial charge on any atom is -0.302 e. The lowest BCUT2D eigenvalue weighted by molar-refractivity contribution is -0.138. The van der Waals surface area contributed by atoms with Crippen LogP contribution in [0.2, 0.25) is 0 Å². The van der Waals surface area contributed by atoms with Crippen LogP contribution in [0.15, 0.2) is 0 Å². The van der Waals surface area contributed by atoms with E-state index in [1.165, 1.54) is 0 Å². The molecule has 0 saturated carbocycles. The van der Waals surface area contributed by atoms with E-state index in [0.29, 0.717) is 13.1 Å². The molecule has 1 unspecified atom stereocenters. The standard InChI is InChI=1S/C9H15F3N2/c1-3-14(7-8(2)6-13)5-4-9(10,11)12/h8H,3-5,7H2,1-2H3. The molecule has 1 atom stereocenters. The molecule has 0 aliphatic carbocycles. The van der Waals surface area contributed by atoms with Crippen molar-refractivity contribution in [3.05, 3.63) is 0 Å². The van der Waals surface area contributed by atoms with Crippen LogP contribution in [0, 0.1) is 17.2 Å². The van der Waals surface area contributed by atoms with E-state index < -0.39 is 12.6 Å². The summed E-state index contributed by atoms with van der Waals surface area (Å²) in [5.41, 5.74) is 0. The number of rotatable bonds is 5. The first-order valence-electron chi connectivity index (χ1n) is 4.57. The highest BCUT2D eigenvalue weighted by molar-refractivity contribution is 4.81. The van der Waals surface area contributed by atoms with E-state index in [-0.39, 0.29) is 12.5 Å². The van der Waals surface area contributed by atoms with Gasteiger partial charge in [0.2, 0.25) is 0 Å². The molecule has 0 heterocycles. The van der Waals surface area contributed by atoms with Gasteiger partial charge in [-0.2, -0.15) is 18.4 Å². The van der Waals surface area contributed by atoms with E-state index >= 15 is 0 Å². The zero-order chi connectivity index (χ0) is 11.2. The van der Waals surface area contributed by atoms with Crippen molar-refractivity contribution >= 4 is 0 Å². The molecule has 0 aromatic carbocycles. The maximum absolute atomic E-state index is 11.9. The second kappa shape index (κ2) is 5.86. The Labute approximate surface area is 82.3 Å². The molecule has 0 saturated heterocycles. The van der Waals surface area contributed by atoms with E-state index in [0.717, 1.165) is 0 Å². The van der Waals surface area contributed by atoms with Gasteiger partial charge < -0.3 is 4.90 Å². The molecular weight excluding hydrogens is 193 g/mol. The van der Waals surface area contributed by atoms with Crippen LogP contribution in [0.3, 0.4) is 0 Å². The lowest BCUT2D eigenvalue weighted by Crippen LogP contribution is -2.31. The topological polar surface area (TPSA) is 27.0 Å². The molecule has 0 rings (SSSR count). The van der Waals surface area contributed by atoms with Crippen LogP contribution in [-0.2, 0) is 0 Å². The van der Waals surface area contributed by atoms with Crippen molar-refractivity contribution in [2.75, 3.05) is 19.6 Å². The summed E-state index contributed by atoms with van der Waals surface area (Å²) in [6, 6.07) is 2.00. The van der Waals surface area contributed by atoms with E-state index in [9.17, 15) is 13.2 Å². The van der Waals surface area contributed by atoms with Crippen molar-refractivity contribution in [2.24, 2.45) is 5.92 Å². The fraction of sp³-hybridized carbons (Fsp3) is 0.889. The molecule has 0 amide bonds. The SMILES string of the molecule is CCN(CCC(F)(F)F)CC(C)C#N. The van der Waals surface area contributed by atoms with E-state index in [2.05, 4.69) is 0 Å². The Morgan fingerprint density at radius 2 is 2.00 bits per heavy atom. The molecule has 0 spiro atoms. The van der Waals surface area contributed by atoms with Crippen molar-refractivity contribution < 1.29 is 13.2 Å². The summed E-state index contributed by atoms with van der Waals surface area (Å²) in [7, 11) is 0. The lowest BCUT2D eigenvalue weighted by atomic mass is 10.2. The third kappa shape index (κ3) is 6.72. The number of halogens is 3. The molecule has 0 bridgehead atoms. The highest BCUT2D eigenvalue weighted by Gasteiger charge is 2.27. The number of nitriles is 1. The largest absolute Gasteiger partial charge is 0.390 e. The van der Waals surface area contributed by atoms with Crippen LogP contribution in [0.1, 0.15) is 20.3 Å². The Bertz CT molecular complexity index is 195. The maximum atomic E-state index is 11.9. The minimum absolute atomic E-state index is 0.0218. The summed E-state index contributed by atoms with van der Waals surface area (Å²) < 4.78 is 35.6. The van der Waals surface area contributed by atoms with Crippen LogP contribution in [-0.4, -0.2) is 30.7 Å². The first kappa shape index (κ1) is 13.2. The summed E-state index contributed by atoms with van der Waals surface area (Å²) in [6.45, 7) is 4.42. The van der Waals surface area contributed by atoms with Crippen molar-refractivity contribution in [1.29, 1.82) is 5.26 Å². The second-order valence-electron chi connectivity index (χ2n) is 3.29. The van der Waals surface area contributed by atoms with Gasteiger partial charge in [0.25, 0.3) is 0 Å². The third-order valence-corrected chi connectivity index (χ3v) is 1.91. The number of nitrogens with zero attached hydrogens (tertiary/aromatic N) is 2. The van der Waals surface area contributed by atoms with Gasteiger partial charge in [-0.1, -0.05) is 6.92 Å². The Morgan fingerprint density at radius 1 is 1.43 bits per heavy atom. The molecule has 0 aliphatic rings. The van der Waals surface area contributed by atoms with E-state index in [4.69, 9.17) is 5.26 Å². The van der Waals surface area contributed by atoms with Gasteiger partial charge in [0.15, 0.2) is 0 Å². The first-order valence-corrected chi connectivity index (χ1v) is 4.57. The van der Waals surface area contributed by atoms with Gasteiger partial charge in [-0.25, -0.2) is 0 Å². The number of hydrogen-bond acceptors (Lipinski definition) is 2. The van der Waals surface area contributed by atoms with Gasteiger partial charge >= 0.3 is 6.18 Å². The smallest absolute Gasteiger partial charge is 0.302 e. The van der Waals surface area contributed by atoms with Crippen LogP contribution in [0.5, 0.6) is 0 Å². The molecule has 0 radical (unpaired) electrons. The molecule has 0 fully saturated rings. The van der Waals surface area contributed by atoms with Gasteiger partial charge in [0.05, 0.1) is 18.4 Å². The number of hydrogen-bond donors (Lipinski definition) is 0. The fourth-order valence-electron chi connectivity index (χ4n) is 1.09. The summed E-state index contributed by atoms with van der Waals surface area (Å²) in [5, 5.41) is 8.51. The van der Waals surface area contributed by atoms with Crippen molar-refractivity contribution in [3.63, 3.8) is 0 Å². The van der Waals surface area contributed by atoms with E-state index in [1.54, 1.807) is 18.7 Å². The van der Waals surface area contributed by atoms with E-state index in [1.807, 2.05) is 6.07 Å². The van der Waals surface area contributed by atoms with Gasteiger partial charge in [-0.15, -0.1) is 0 Å². The molecule has 5 heteroatoms. The molecule has 14 heavy (non-hydrogen) atoms. The quantitative estimate of drug-likeness (QED) is 0.693. The highest BCUT2D eigenvalue weighted by Crippen LogP contribution is 2.19. The predicted octanol–water partition coefficient (Wildman–Crippen LogP) is 2.42. The van der Waals surface area contributed by atoms with Gasteiger partial charge in [0.1, 0.15) is 0 Å². The fourth-order valence-corrected chi connectivity index (χ4v) is 1.09. The molecule has 2 nitrogen and oxygen atoms in total. The first-order chi connectivity index (χ1) is 6.39. The van der Waals surface area contributed by atoms with Crippen LogP contribution >= 0.6 is 0 Å². The average Bonchev–Trinajstić information content (AvgIpc) is 2.10. The molecular formula is C9H15F3N2. The maximum Gasteiger partial charge on any atom is 0.390 e. The Kier molecular flexibility index (Phi) is 5.55. The summed E-state index contributed by atoms with van der Waals surface area (Å²) >= 11 is 0. The van der Waals surface area contributed by atoms with Gasteiger partial charge in [-0.05, 0) is 13.5 Å². The summed E-state index contributed by atoms with van der Waals surface area (Å²) in [5.74, 6) is -0.219. The summed E-state index contributed by atoms with van der Waals surface area (Å²) in [6.07, 6.45) is -4.91. The number of alkyl halides is 3. The third-order valence-electron chi connectivity index (χ3n) is 1.91. The van der Waals surface area contributed by atoms with Gasteiger partial charge in [-0.3, -0.25) is 0 Å². The zero-order valence-corrected chi connectivity index (χ0v) is 8.43. The monoisotopic (exact) mass is 208 g/mol.